The molecule has 0 fully saturated rings. The summed E-state index contributed by atoms with van der Waals surface area (Å²) in [5.41, 5.74) is 7.16. The van der Waals surface area contributed by atoms with E-state index in [4.69, 9.17) is 10.8 Å². The van der Waals surface area contributed by atoms with Crippen LogP contribution in [0.2, 0.25) is 0 Å². The number of aliphatic hydroxyl groups excluding tert-OH is 1. The Labute approximate surface area is 108 Å². The Balaban J connectivity index is 2.47. The maximum Gasteiger partial charge on any atom is 0.179 e. The highest BCUT2D eigenvalue weighted by molar-refractivity contribution is 6.00. The molecule has 1 atom stereocenters. The van der Waals surface area contributed by atoms with Crippen molar-refractivity contribution in [2.45, 2.75) is 32.2 Å². The number of nitrogens with two attached hydrogens (primary N) is 1. The summed E-state index contributed by atoms with van der Waals surface area (Å²) in [6, 6.07) is 6.93. The molecule has 1 aromatic carbocycles. The molecule has 0 amide bonds. The first-order valence-corrected chi connectivity index (χ1v) is 6.39. The molecule has 4 heteroatoms. The van der Waals surface area contributed by atoms with E-state index in [1.165, 1.54) is 0 Å². The molecule has 100 valence electrons. The van der Waals surface area contributed by atoms with Crippen LogP contribution < -0.4 is 11.1 Å². The maximum atomic E-state index is 11.7. The zero-order chi connectivity index (χ0) is 13.4. The molecule has 0 heterocycles. The van der Waals surface area contributed by atoms with Crippen LogP contribution in [0.3, 0.4) is 0 Å². The standard InChI is InChI=1S/C14H22N2O2/c1-11(15)14(18)12-6-5-7-13(10-12)16-8-3-2-4-9-17/h5-7,10-11,16-17H,2-4,8-9,15H2,1H3. The Morgan fingerprint density at radius 2 is 2.17 bits per heavy atom. The zero-order valence-corrected chi connectivity index (χ0v) is 10.9. The summed E-state index contributed by atoms with van der Waals surface area (Å²) >= 11 is 0. The van der Waals surface area contributed by atoms with Gasteiger partial charge in [0.1, 0.15) is 0 Å². The molecular formula is C14H22N2O2. The molecule has 0 aromatic heterocycles. The SMILES string of the molecule is CC(N)C(=O)c1cccc(NCCCCCO)c1. The molecule has 0 saturated carbocycles. The number of anilines is 1. The second kappa shape index (κ2) is 7.84. The van der Waals surface area contributed by atoms with Crippen molar-refractivity contribution in [2.75, 3.05) is 18.5 Å². The van der Waals surface area contributed by atoms with E-state index in [-0.39, 0.29) is 12.4 Å². The van der Waals surface area contributed by atoms with E-state index in [9.17, 15) is 4.79 Å². The number of carbonyl (C=O) groups is 1. The molecule has 0 bridgehead atoms. The van der Waals surface area contributed by atoms with Crippen molar-refractivity contribution in [1.82, 2.24) is 0 Å². The Kier molecular flexibility index (Phi) is 6.39. The van der Waals surface area contributed by atoms with Crippen LogP contribution in [0.25, 0.3) is 0 Å². The van der Waals surface area contributed by atoms with Crippen molar-refractivity contribution in [2.24, 2.45) is 5.73 Å². The van der Waals surface area contributed by atoms with Crippen LogP contribution in [0, 0.1) is 0 Å². The first kappa shape index (κ1) is 14.7. The third kappa shape index (κ3) is 4.85. The smallest absolute Gasteiger partial charge is 0.179 e. The number of ketones is 1. The maximum absolute atomic E-state index is 11.7. The van der Waals surface area contributed by atoms with Crippen LogP contribution in [-0.2, 0) is 0 Å². The molecule has 4 nitrogen and oxygen atoms in total. The van der Waals surface area contributed by atoms with Crippen molar-refractivity contribution in [3.05, 3.63) is 29.8 Å². The Hall–Kier alpha value is -1.39. The lowest BCUT2D eigenvalue weighted by molar-refractivity contribution is 0.0968. The summed E-state index contributed by atoms with van der Waals surface area (Å²) < 4.78 is 0. The Morgan fingerprint density at radius 1 is 1.39 bits per heavy atom. The molecule has 0 radical (unpaired) electrons. The van der Waals surface area contributed by atoms with Crippen LogP contribution in [0.15, 0.2) is 24.3 Å². The fraction of sp³-hybridized carbons (Fsp3) is 0.500. The first-order chi connectivity index (χ1) is 8.65. The van der Waals surface area contributed by atoms with Gasteiger partial charge < -0.3 is 16.2 Å². The van der Waals surface area contributed by atoms with Crippen LogP contribution in [0.4, 0.5) is 5.69 Å². The number of rotatable bonds is 8. The van der Waals surface area contributed by atoms with Crippen LogP contribution in [0.1, 0.15) is 36.5 Å². The normalized spacial score (nSPS) is 12.2. The van der Waals surface area contributed by atoms with E-state index in [1.54, 1.807) is 13.0 Å². The number of benzene rings is 1. The van der Waals surface area contributed by atoms with Crippen LogP contribution >= 0.6 is 0 Å². The quantitative estimate of drug-likeness (QED) is 0.485. The van der Waals surface area contributed by atoms with Gasteiger partial charge in [0.2, 0.25) is 0 Å². The molecule has 0 spiro atoms. The van der Waals surface area contributed by atoms with Gasteiger partial charge in [-0.15, -0.1) is 0 Å². The third-order valence-corrected chi connectivity index (χ3v) is 2.72. The van der Waals surface area contributed by atoms with E-state index in [2.05, 4.69) is 5.32 Å². The van der Waals surface area contributed by atoms with Gasteiger partial charge >= 0.3 is 0 Å². The largest absolute Gasteiger partial charge is 0.396 e. The highest BCUT2D eigenvalue weighted by Crippen LogP contribution is 2.12. The summed E-state index contributed by atoms with van der Waals surface area (Å²) in [6.45, 7) is 2.78. The second-order valence-corrected chi connectivity index (χ2v) is 4.44. The molecule has 1 rings (SSSR count). The monoisotopic (exact) mass is 250 g/mol. The van der Waals surface area contributed by atoms with Crippen molar-refractivity contribution in [3.63, 3.8) is 0 Å². The number of carbonyl (C=O) groups excluding carboxylic acids is 1. The third-order valence-electron chi connectivity index (χ3n) is 2.72. The number of aliphatic hydroxyl groups is 1. The van der Waals surface area contributed by atoms with E-state index >= 15 is 0 Å². The van der Waals surface area contributed by atoms with E-state index in [0.29, 0.717) is 5.56 Å². The van der Waals surface area contributed by atoms with E-state index in [1.807, 2.05) is 18.2 Å². The molecule has 0 aliphatic carbocycles. The van der Waals surface area contributed by atoms with Gasteiger partial charge in [-0.1, -0.05) is 12.1 Å². The molecule has 0 saturated heterocycles. The fourth-order valence-electron chi connectivity index (χ4n) is 1.69. The first-order valence-electron chi connectivity index (χ1n) is 6.39. The van der Waals surface area contributed by atoms with Gasteiger partial charge in [0, 0.05) is 24.4 Å². The van der Waals surface area contributed by atoms with Gasteiger partial charge in [0.25, 0.3) is 0 Å². The predicted octanol–water partition coefficient (Wildman–Crippen LogP) is 1.79. The minimum Gasteiger partial charge on any atom is -0.396 e. The van der Waals surface area contributed by atoms with E-state index < -0.39 is 6.04 Å². The van der Waals surface area contributed by atoms with Gasteiger partial charge in [0.15, 0.2) is 5.78 Å². The molecule has 18 heavy (non-hydrogen) atoms. The highest BCUT2D eigenvalue weighted by Gasteiger charge is 2.10. The number of hydrogen-bond acceptors (Lipinski definition) is 4. The number of hydrogen-bond donors (Lipinski definition) is 3. The topological polar surface area (TPSA) is 75.4 Å². The predicted molar refractivity (Wildman–Crippen MR) is 73.8 cm³/mol. The minimum absolute atomic E-state index is 0.0427. The fourth-order valence-corrected chi connectivity index (χ4v) is 1.69. The molecule has 0 aliphatic heterocycles. The van der Waals surface area contributed by atoms with Gasteiger partial charge in [-0.05, 0) is 38.3 Å². The average molecular weight is 250 g/mol. The van der Waals surface area contributed by atoms with Gasteiger partial charge in [-0.3, -0.25) is 4.79 Å². The molecule has 1 unspecified atom stereocenters. The van der Waals surface area contributed by atoms with Gasteiger partial charge in [-0.2, -0.15) is 0 Å². The van der Waals surface area contributed by atoms with E-state index in [0.717, 1.165) is 31.5 Å². The summed E-state index contributed by atoms with van der Waals surface area (Å²) in [4.78, 5) is 11.7. The summed E-state index contributed by atoms with van der Waals surface area (Å²) in [7, 11) is 0. The van der Waals surface area contributed by atoms with Gasteiger partial charge in [0.05, 0.1) is 6.04 Å². The highest BCUT2D eigenvalue weighted by atomic mass is 16.2. The molecule has 4 N–H and O–H groups in total. The number of Topliss-reactive ketones (excluding diaryl/α,β-unsaturated/α-hetero) is 1. The Morgan fingerprint density at radius 3 is 2.83 bits per heavy atom. The lowest BCUT2D eigenvalue weighted by Crippen LogP contribution is -2.26. The van der Waals surface area contributed by atoms with Crippen molar-refractivity contribution >= 4 is 11.5 Å². The summed E-state index contributed by atoms with van der Waals surface area (Å²) in [5, 5.41) is 11.9. The second-order valence-electron chi connectivity index (χ2n) is 4.44. The summed E-state index contributed by atoms with van der Waals surface area (Å²) in [6.07, 6.45) is 2.85. The average Bonchev–Trinajstić information content (AvgIpc) is 2.38. The number of unbranched alkanes of at least 4 members (excludes halogenated alkanes) is 2. The van der Waals surface area contributed by atoms with Crippen molar-refractivity contribution < 1.29 is 9.90 Å². The number of nitrogens with one attached hydrogen (secondary N) is 1. The van der Waals surface area contributed by atoms with Crippen LogP contribution in [-0.4, -0.2) is 30.1 Å². The van der Waals surface area contributed by atoms with Crippen molar-refractivity contribution in [3.8, 4) is 0 Å². The van der Waals surface area contributed by atoms with Gasteiger partial charge in [-0.25, -0.2) is 0 Å². The lowest BCUT2D eigenvalue weighted by atomic mass is 10.1. The molecule has 0 aliphatic rings. The minimum atomic E-state index is -0.468. The Bertz CT molecular complexity index is 378. The van der Waals surface area contributed by atoms with Crippen molar-refractivity contribution in [1.29, 1.82) is 0 Å². The van der Waals surface area contributed by atoms with Crippen LogP contribution in [0.5, 0.6) is 0 Å². The zero-order valence-electron chi connectivity index (χ0n) is 10.9. The molecule has 1 aromatic rings. The molecular weight excluding hydrogens is 228 g/mol. The lowest BCUT2D eigenvalue weighted by Gasteiger charge is -2.09. The summed E-state index contributed by atoms with van der Waals surface area (Å²) in [5.74, 6) is -0.0427.